The van der Waals surface area contributed by atoms with Crippen LogP contribution in [-0.2, 0) is 16.1 Å². The van der Waals surface area contributed by atoms with Crippen LogP contribution in [0.1, 0.15) is 24.8 Å². The molecule has 1 aromatic heterocycles. The first-order valence-corrected chi connectivity index (χ1v) is 6.84. The minimum absolute atomic E-state index is 0.165. The minimum Gasteiger partial charge on any atom is -0.481 e. The molecule has 2 N–H and O–H groups in total. The van der Waals surface area contributed by atoms with Crippen LogP contribution < -0.4 is 5.32 Å². The third-order valence-electron chi connectivity index (χ3n) is 3.35. The lowest BCUT2D eigenvalue weighted by Crippen LogP contribution is -2.34. The van der Waals surface area contributed by atoms with Gasteiger partial charge in [-0.15, -0.1) is 11.3 Å². The molecule has 0 aromatic carbocycles. The molecule has 0 spiro atoms. The zero-order chi connectivity index (χ0) is 13.1. The molecule has 1 unspecified atom stereocenters. The smallest absolute Gasteiger partial charge is 0.307 e. The van der Waals surface area contributed by atoms with Crippen molar-refractivity contribution in [3.63, 3.8) is 0 Å². The maximum atomic E-state index is 12.0. The average molecular weight is 268 g/mol. The van der Waals surface area contributed by atoms with Gasteiger partial charge in [-0.1, -0.05) is 6.92 Å². The van der Waals surface area contributed by atoms with Crippen molar-refractivity contribution in [1.29, 1.82) is 0 Å². The zero-order valence-electron chi connectivity index (χ0n) is 10.1. The van der Waals surface area contributed by atoms with Crippen LogP contribution in [0.25, 0.3) is 0 Å². The summed E-state index contributed by atoms with van der Waals surface area (Å²) in [5.74, 6) is -1.69. The van der Waals surface area contributed by atoms with Gasteiger partial charge in [-0.05, 0) is 18.8 Å². The van der Waals surface area contributed by atoms with Crippen LogP contribution in [0.4, 0.5) is 0 Å². The molecule has 0 radical (unpaired) electrons. The summed E-state index contributed by atoms with van der Waals surface area (Å²) in [4.78, 5) is 27.2. The lowest BCUT2D eigenvalue weighted by molar-refractivity contribution is -0.146. The lowest BCUT2D eigenvalue weighted by Gasteiger charge is -2.14. The van der Waals surface area contributed by atoms with Crippen molar-refractivity contribution in [3.8, 4) is 0 Å². The predicted octanol–water partition coefficient (Wildman–Crippen LogP) is 1.51. The summed E-state index contributed by atoms with van der Waals surface area (Å²) < 4.78 is 0. The number of amides is 1. The molecule has 0 bridgehead atoms. The number of carbonyl (C=O) groups is 2. The van der Waals surface area contributed by atoms with Gasteiger partial charge in [0.05, 0.1) is 18.4 Å². The Morgan fingerprint density at radius 2 is 2.22 bits per heavy atom. The number of nitrogens with zero attached hydrogens (tertiary/aromatic N) is 1. The summed E-state index contributed by atoms with van der Waals surface area (Å²) in [6.07, 6.45) is 2.93. The van der Waals surface area contributed by atoms with E-state index in [1.54, 1.807) is 6.20 Å². The normalized spacial score (nSPS) is 27.1. The SMILES string of the molecule is CC1C[C@H](C(=O)NCc2nccs2)[C@H](C(=O)O)C1. The Morgan fingerprint density at radius 3 is 2.83 bits per heavy atom. The molecule has 0 aliphatic heterocycles. The number of nitrogens with one attached hydrogen (secondary N) is 1. The van der Waals surface area contributed by atoms with E-state index in [2.05, 4.69) is 10.3 Å². The van der Waals surface area contributed by atoms with E-state index in [1.165, 1.54) is 11.3 Å². The van der Waals surface area contributed by atoms with Crippen LogP contribution in [0.2, 0.25) is 0 Å². The molecule has 1 aromatic rings. The van der Waals surface area contributed by atoms with Gasteiger partial charge in [-0.25, -0.2) is 4.98 Å². The highest BCUT2D eigenvalue weighted by molar-refractivity contribution is 7.09. The molecule has 2 rings (SSSR count). The topological polar surface area (TPSA) is 79.3 Å². The van der Waals surface area contributed by atoms with Gasteiger partial charge < -0.3 is 10.4 Å². The fraction of sp³-hybridized carbons (Fsp3) is 0.583. The van der Waals surface area contributed by atoms with Crippen molar-refractivity contribution in [2.24, 2.45) is 17.8 Å². The predicted molar refractivity (Wildman–Crippen MR) is 67.0 cm³/mol. The van der Waals surface area contributed by atoms with Gasteiger partial charge in [0.15, 0.2) is 0 Å². The van der Waals surface area contributed by atoms with E-state index in [0.717, 1.165) is 5.01 Å². The molecule has 1 aliphatic carbocycles. The van der Waals surface area contributed by atoms with Gasteiger partial charge >= 0.3 is 5.97 Å². The molecule has 18 heavy (non-hydrogen) atoms. The largest absolute Gasteiger partial charge is 0.481 e. The van der Waals surface area contributed by atoms with Crippen molar-refractivity contribution < 1.29 is 14.7 Å². The van der Waals surface area contributed by atoms with Gasteiger partial charge in [-0.3, -0.25) is 9.59 Å². The van der Waals surface area contributed by atoms with E-state index < -0.39 is 17.8 Å². The summed E-state index contributed by atoms with van der Waals surface area (Å²) >= 11 is 1.47. The molecular formula is C12H16N2O3S. The third kappa shape index (κ3) is 2.87. The zero-order valence-corrected chi connectivity index (χ0v) is 10.9. The molecule has 1 saturated carbocycles. The van der Waals surface area contributed by atoms with Crippen molar-refractivity contribution in [2.75, 3.05) is 0 Å². The second kappa shape index (κ2) is 5.48. The van der Waals surface area contributed by atoms with E-state index >= 15 is 0 Å². The number of carboxylic acid groups (broad SMARTS) is 1. The highest BCUT2D eigenvalue weighted by atomic mass is 32.1. The Kier molecular flexibility index (Phi) is 3.96. The van der Waals surface area contributed by atoms with Gasteiger partial charge in [0.1, 0.15) is 5.01 Å². The van der Waals surface area contributed by atoms with Gasteiger partial charge in [-0.2, -0.15) is 0 Å². The van der Waals surface area contributed by atoms with Crippen LogP contribution >= 0.6 is 11.3 Å². The highest BCUT2D eigenvalue weighted by Crippen LogP contribution is 2.36. The van der Waals surface area contributed by atoms with Crippen LogP contribution in [0.15, 0.2) is 11.6 Å². The second-order valence-corrected chi connectivity index (χ2v) is 5.75. The first-order chi connectivity index (χ1) is 8.58. The van der Waals surface area contributed by atoms with E-state index in [0.29, 0.717) is 25.3 Å². The van der Waals surface area contributed by atoms with Crippen molar-refractivity contribution >= 4 is 23.2 Å². The van der Waals surface area contributed by atoms with E-state index in [4.69, 9.17) is 5.11 Å². The van der Waals surface area contributed by atoms with Crippen molar-refractivity contribution in [3.05, 3.63) is 16.6 Å². The summed E-state index contributed by atoms with van der Waals surface area (Å²) in [5.41, 5.74) is 0. The number of carbonyl (C=O) groups excluding carboxylic acids is 1. The van der Waals surface area contributed by atoms with Gasteiger partial charge in [0.25, 0.3) is 0 Å². The molecule has 0 saturated heterocycles. The number of hydrogen-bond acceptors (Lipinski definition) is 4. The monoisotopic (exact) mass is 268 g/mol. The standard InChI is InChI=1S/C12H16N2O3S/c1-7-4-8(9(5-7)12(16)17)11(15)14-6-10-13-2-3-18-10/h2-3,7-9H,4-6H2,1H3,(H,14,15)(H,16,17)/t7?,8-,9+/m0/s1. The minimum atomic E-state index is -0.867. The van der Waals surface area contributed by atoms with Crippen LogP contribution in [0.5, 0.6) is 0 Å². The maximum absolute atomic E-state index is 12.0. The molecule has 6 heteroatoms. The molecule has 98 valence electrons. The Bertz CT molecular complexity index is 433. The molecular weight excluding hydrogens is 252 g/mol. The van der Waals surface area contributed by atoms with Crippen LogP contribution in [-0.4, -0.2) is 22.0 Å². The molecule has 1 heterocycles. The number of thiazole rings is 1. The summed E-state index contributed by atoms with van der Waals surface area (Å²) in [5, 5.41) is 14.6. The summed E-state index contributed by atoms with van der Waals surface area (Å²) in [6, 6.07) is 0. The number of carboxylic acids is 1. The van der Waals surface area contributed by atoms with E-state index in [1.807, 2.05) is 12.3 Å². The van der Waals surface area contributed by atoms with Crippen LogP contribution in [0, 0.1) is 17.8 Å². The van der Waals surface area contributed by atoms with E-state index in [-0.39, 0.29) is 5.91 Å². The number of aliphatic carboxylic acids is 1. The summed E-state index contributed by atoms with van der Waals surface area (Å²) in [6.45, 7) is 2.37. The number of aromatic nitrogens is 1. The first-order valence-electron chi connectivity index (χ1n) is 5.96. The lowest BCUT2D eigenvalue weighted by atomic mass is 9.95. The van der Waals surface area contributed by atoms with Crippen molar-refractivity contribution in [1.82, 2.24) is 10.3 Å². The second-order valence-electron chi connectivity index (χ2n) is 4.77. The fourth-order valence-electron chi connectivity index (χ4n) is 2.49. The van der Waals surface area contributed by atoms with Crippen molar-refractivity contribution in [2.45, 2.75) is 26.3 Å². The van der Waals surface area contributed by atoms with Gasteiger partial charge in [0.2, 0.25) is 5.91 Å². The average Bonchev–Trinajstić information content (AvgIpc) is 2.94. The highest BCUT2D eigenvalue weighted by Gasteiger charge is 2.41. The number of rotatable bonds is 4. The number of hydrogen-bond donors (Lipinski definition) is 2. The molecule has 5 nitrogen and oxygen atoms in total. The Hall–Kier alpha value is -1.43. The molecule has 1 aliphatic rings. The first kappa shape index (κ1) is 13.0. The van der Waals surface area contributed by atoms with E-state index in [9.17, 15) is 9.59 Å². The molecule has 1 fully saturated rings. The quantitative estimate of drug-likeness (QED) is 0.867. The Morgan fingerprint density at radius 1 is 1.50 bits per heavy atom. The van der Waals surface area contributed by atoms with Gasteiger partial charge in [0, 0.05) is 11.6 Å². The molecule has 3 atom stereocenters. The third-order valence-corrected chi connectivity index (χ3v) is 4.13. The van der Waals surface area contributed by atoms with Crippen LogP contribution in [0.3, 0.4) is 0 Å². The maximum Gasteiger partial charge on any atom is 0.307 e. The molecule has 1 amide bonds. The summed E-state index contributed by atoms with van der Waals surface area (Å²) in [7, 11) is 0. The Labute approximate surface area is 109 Å². The Balaban J connectivity index is 1.93. The fourth-order valence-corrected chi connectivity index (χ4v) is 3.04.